The van der Waals surface area contributed by atoms with Gasteiger partial charge in [-0.3, -0.25) is 9.69 Å². The van der Waals surface area contributed by atoms with Crippen LogP contribution in [0.5, 0.6) is 0 Å². The number of carbonyl (C=O) groups excluding carboxylic acids is 1. The molecule has 0 spiro atoms. The molecule has 1 aliphatic rings. The maximum absolute atomic E-state index is 12.7. The number of benzene rings is 1. The van der Waals surface area contributed by atoms with Crippen LogP contribution in [0.25, 0.3) is 0 Å². The van der Waals surface area contributed by atoms with Gasteiger partial charge in [-0.25, -0.2) is 13.6 Å². The van der Waals surface area contributed by atoms with Crippen molar-refractivity contribution in [1.82, 2.24) is 10.1 Å². The van der Waals surface area contributed by atoms with Crippen LogP contribution in [-0.2, 0) is 27.8 Å². The van der Waals surface area contributed by atoms with E-state index in [1.807, 2.05) is 25.8 Å². The van der Waals surface area contributed by atoms with Gasteiger partial charge in [-0.15, -0.1) is 0 Å². The first-order valence-corrected chi connectivity index (χ1v) is 9.78. The number of anilines is 1. The molecule has 1 aromatic carbocycles. The fraction of sp³-hybridized carbons (Fsp3) is 0.412. The molecular weight excluding hydrogens is 356 g/mol. The number of primary sulfonamides is 1. The lowest BCUT2D eigenvalue weighted by Crippen LogP contribution is -2.38. The summed E-state index contributed by atoms with van der Waals surface area (Å²) in [7, 11) is -1.88. The molecule has 9 heteroatoms. The fourth-order valence-electron chi connectivity index (χ4n) is 3.18. The molecule has 26 heavy (non-hydrogen) atoms. The predicted octanol–water partition coefficient (Wildman–Crippen LogP) is 0.960. The molecule has 3 rings (SSSR count). The lowest BCUT2D eigenvalue weighted by atomic mass is 10.2. The van der Waals surface area contributed by atoms with Gasteiger partial charge in [0.1, 0.15) is 5.76 Å². The van der Waals surface area contributed by atoms with Crippen LogP contribution in [-0.4, -0.2) is 44.5 Å². The van der Waals surface area contributed by atoms with Crippen molar-refractivity contribution in [2.45, 2.75) is 31.7 Å². The molecule has 1 aliphatic heterocycles. The highest BCUT2D eigenvalue weighted by atomic mass is 32.2. The summed E-state index contributed by atoms with van der Waals surface area (Å²) in [6, 6.07) is 4.63. The van der Waals surface area contributed by atoms with E-state index in [1.54, 1.807) is 17.0 Å². The number of hydrogen-bond donors (Lipinski definition) is 1. The molecule has 2 N–H and O–H groups in total. The fourth-order valence-corrected chi connectivity index (χ4v) is 3.75. The summed E-state index contributed by atoms with van der Waals surface area (Å²) in [4.78, 5) is 16.4. The molecule has 0 saturated heterocycles. The minimum Gasteiger partial charge on any atom is -0.361 e. The van der Waals surface area contributed by atoms with Crippen LogP contribution in [0.4, 0.5) is 5.69 Å². The standard InChI is InChI=1S/C17H22N4O4S/c1-11-15(12(2)25-19-11)9-20(3)10-17(22)21-7-6-13-8-14(26(18,23)24)4-5-16(13)21/h4-5,8H,6-7,9-10H2,1-3H3,(H2,18,23,24). The van der Waals surface area contributed by atoms with Gasteiger partial charge < -0.3 is 9.42 Å². The van der Waals surface area contributed by atoms with Crippen molar-refractivity contribution in [1.29, 1.82) is 0 Å². The molecule has 1 amide bonds. The number of sulfonamides is 1. The van der Waals surface area contributed by atoms with Crippen molar-refractivity contribution in [2.24, 2.45) is 5.14 Å². The van der Waals surface area contributed by atoms with Gasteiger partial charge in [0, 0.05) is 24.3 Å². The first-order chi connectivity index (χ1) is 12.2. The monoisotopic (exact) mass is 378 g/mol. The van der Waals surface area contributed by atoms with Crippen molar-refractivity contribution in [2.75, 3.05) is 25.0 Å². The van der Waals surface area contributed by atoms with E-state index in [0.29, 0.717) is 19.5 Å². The number of carbonyl (C=O) groups is 1. The molecule has 140 valence electrons. The Morgan fingerprint density at radius 1 is 1.38 bits per heavy atom. The van der Waals surface area contributed by atoms with Crippen molar-refractivity contribution < 1.29 is 17.7 Å². The largest absolute Gasteiger partial charge is 0.361 e. The lowest BCUT2D eigenvalue weighted by molar-refractivity contribution is -0.119. The van der Waals surface area contributed by atoms with Gasteiger partial charge in [-0.2, -0.15) is 0 Å². The Bertz CT molecular complexity index is 932. The number of rotatable bonds is 5. The predicted molar refractivity (Wildman–Crippen MR) is 96.2 cm³/mol. The third-order valence-electron chi connectivity index (χ3n) is 4.59. The van der Waals surface area contributed by atoms with E-state index in [2.05, 4.69) is 5.16 Å². The first kappa shape index (κ1) is 18.6. The van der Waals surface area contributed by atoms with E-state index in [-0.39, 0.29) is 17.3 Å². The highest BCUT2D eigenvalue weighted by molar-refractivity contribution is 7.89. The lowest BCUT2D eigenvalue weighted by Gasteiger charge is -2.22. The number of aryl methyl sites for hydroxylation is 2. The van der Waals surface area contributed by atoms with E-state index < -0.39 is 10.0 Å². The minimum atomic E-state index is -3.74. The normalized spacial score (nSPS) is 14.1. The highest BCUT2D eigenvalue weighted by Gasteiger charge is 2.27. The number of hydrogen-bond acceptors (Lipinski definition) is 6. The average Bonchev–Trinajstić information content (AvgIpc) is 3.11. The summed E-state index contributed by atoms with van der Waals surface area (Å²) in [6.07, 6.45) is 0.609. The second-order valence-corrected chi connectivity index (χ2v) is 8.17. The quantitative estimate of drug-likeness (QED) is 0.830. The van der Waals surface area contributed by atoms with Crippen LogP contribution in [0.3, 0.4) is 0 Å². The third-order valence-corrected chi connectivity index (χ3v) is 5.50. The number of fused-ring (bicyclic) bond motifs is 1. The Kier molecular flexibility index (Phi) is 4.87. The molecule has 2 heterocycles. The number of nitrogens with two attached hydrogens (primary N) is 1. The summed E-state index contributed by atoms with van der Waals surface area (Å²) in [6.45, 7) is 5.06. The third kappa shape index (κ3) is 3.64. The number of amides is 1. The summed E-state index contributed by atoms with van der Waals surface area (Å²) in [5.74, 6) is 0.713. The Morgan fingerprint density at radius 3 is 2.73 bits per heavy atom. The van der Waals surface area contributed by atoms with Gasteiger partial charge in [0.25, 0.3) is 0 Å². The minimum absolute atomic E-state index is 0.0404. The summed E-state index contributed by atoms with van der Waals surface area (Å²) in [5.41, 5.74) is 3.37. The number of aromatic nitrogens is 1. The van der Waals surface area contributed by atoms with E-state index in [4.69, 9.17) is 9.66 Å². The zero-order chi connectivity index (χ0) is 19.1. The maximum atomic E-state index is 12.7. The van der Waals surface area contributed by atoms with Crippen LogP contribution >= 0.6 is 0 Å². The van der Waals surface area contributed by atoms with Gasteiger partial charge in [0.05, 0.1) is 17.1 Å². The van der Waals surface area contributed by atoms with Crippen molar-refractivity contribution in [3.8, 4) is 0 Å². The van der Waals surface area contributed by atoms with Gasteiger partial charge in [0.2, 0.25) is 15.9 Å². The molecule has 0 unspecified atom stereocenters. The van der Waals surface area contributed by atoms with Crippen LogP contribution < -0.4 is 10.0 Å². The van der Waals surface area contributed by atoms with Crippen molar-refractivity contribution in [3.05, 3.63) is 40.8 Å². The summed E-state index contributed by atoms with van der Waals surface area (Å²) < 4.78 is 28.1. The topological polar surface area (TPSA) is 110 Å². The number of likely N-dealkylation sites (N-methyl/N-ethyl adjacent to an activating group) is 1. The van der Waals surface area contributed by atoms with Crippen LogP contribution in [0.1, 0.15) is 22.6 Å². The molecule has 0 radical (unpaired) electrons. The summed E-state index contributed by atoms with van der Waals surface area (Å²) >= 11 is 0. The maximum Gasteiger partial charge on any atom is 0.241 e. The Labute approximate surface area is 152 Å². The van der Waals surface area contributed by atoms with Crippen LogP contribution in [0.15, 0.2) is 27.6 Å². The van der Waals surface area contributed by atoms with Gasteiger partial charge >= 0.3 is 0 Å². The van der Waals surface area contributed by atoms with Crippen LogP contribution in [0, 0.1) is 13.8 Å². The SMILES string of the molecule is Cc1noc(C)c1CN(C)CC(=O)N1CCc2cc(S(N)(=O)=O)ccc21. The van der Waals surface area contributed by atoms with Gasteiger partial charge in [-0.05, 0) is 51.1 Å². The summed E-state index contributed by atoms with van der Waals surface area (Å²) in [5, 5.41) is 9.10. The molecule has 0 fully saturated rings. The smallest absolute Gasteiger partial charge is 0.241 e. The number of nitrogens with zero attached hydrogens (tertiary/aromatic N) is 3. The van der Waals surface area contributed by atoms with E-state index >= 15 is 0 Å². The van der Waals surface area contributed by atoms with E-state index in [9.17, 15) is 13.2 Å². The van der Waals surface area contributed by atoms with E-state index in [1.165, 1.54) is 6.07 Å². The van der Waals surface area contributed by atoms with Gasteiger partial charge in [0.15, 0.2) is 0 Å². The Balaban J connectivity index is 1.71. The molecule has 0 aliphatic carbocycles. The van der Waals surface area contributed by atoms with Gasteiger partial charge in [-0.1, -0.05) is 5.16 Å². The van der Waals surface area contributed by atoms with Crippen molar-refractivity contribution >= 4 is 21.6 Å². The van der Waals surface area contributed by atoms with Crippen LogP contribution in [0.2, 0.25) is 0 Å². The molecule has 0 atom stereocenters. The molecule has 2 aromatic rings. The molecular formula is C17H22N4O4S. The molecule has 1 aromatic heterocycles. The zero-order valence-corrected chi connectivity index (χ0v) is 15.8. The molecule has 0 saturated carbocycles. The Morgan fingerprint density at radius 2 is 2.12 bits per heavy atom. The second-order valence-electron chi connectivity index (χ2n) is 6.61. The second kappa shape index (κ2) is 6.82. The molecule has 8 nitrogen and oxygen atoms in total. The van der Waals surface area contributed by atoms with Crippen molar-refractivity contribution in [3.63, 3.8) is 0 Å². The Hall–Kier alpha value is -2.23. The first-order valence-electron chi connectivity index (χ1n) is 8.23. The molecule has 0 bridgehead atoms. The highest BCUT2D eigenvalue weighted by Crippen LogP contribution is 2.30. The van der Waals surface area contributed by atoms with E-state index in [0.717, 1.165) is 28.3 Å². The zero-order valence-electron chi connectivity index (χ0n) is 15.0. The average molecular weight is 378 g/mol.